The molecular formula is C21H22N4O3. The molecule has 1 amide bonds. The number of hydrogen-bond acceptors (Lipinski definition) is 5. The van der Waals surface area contributed by atoms with Gasteiger partial charge in [-0.15, -0.1) is 0 Å². The van der Waals surface area contributed by atoms with Crippen LogP contribution >= 0.6 is 0 Å². The average Bonchev–Trinajstić information content (AvgIpc) is 3.38. The van der Waals surface area contributed by atoms with Gasteiger partial charge in [0.2, 0.25) is 0 Å². The summed E-state index contributed by atoms with van der Waals surface area (Å²) >= 11 is 0. The molecule has 5 rings (SSSR count). The number of ether oxygens (including phenoxy) is 1. The monoisotopic (exact) mass is 378 g/mol. The van der Waals surface area contributed by atoms with Gasteiger partial charge >= 0.3 is 0 Å². The SMILES string of the molecule is COc1ccc(-c2ocnc2C(=O)N2CCc3[nH]nc(C4CC4)c3CC2)cc1. The van der Waals surface area contributed by atoms with E-state index in [-0.39, 0.29) is 5.91 Å². The van der Waals surface area contributed by atoms with Crippen molar-refractivity contribution in [1.82, 2.24) is 20.1 Å². The van der Waals surface area contributed by atoms with Gasteiger partial charge in [0.1, 0.15) is 5.75 Å². The van der Waals surface area contributed by atoms with E-state index in [1.54, 1.807) is 7.11 Å². The number of methoxy groups -OCH3 is 1. The fourth-order valence-corrected chi connectivity index (χ4v) is 3.90. The molecule has 0 unspecified atom stereocenters. The molecule has 1 N–H and O–H groups in total. The number of fused-ring (bicyclic) bond motifs is 1. The second-order valence-electron chi connectivity index (χ2n) is 7.39. The van der Waals surface area contributed by atoms with E-state index in [9.17, 15) is 4.79 Å². The molecule has 7 nitrogen and oxygen atoms in total. The van der Waals surface area contributed by atoms with E-state index in [4.69, 9.17) is 9.15 Å². The lowest BCUT2D eigenvalue weighted by Gasteiger charge is -2.19. The Morgan fingerprint density at radius 3 is 2.75 bits per heavy atom. The van der Waals surface area contributed by atoms with E-state index < -0.39 is 0 Å². The van der Waals surface area contributed by atoms with Crippen LogP contribution in [0, 0.1) is 0 Å². The normalized spacial score (nSPS) is 16.5. The van der Waals surface area contributed by atoms with E-state index in [0.29, 0.717) is 30.5 Å². The maximum Gasteiger partial charge on any atom is 0.276 e. The Kier molecular flexibility index (Phi) is 4.15. The molecule has 1 fully saturated rings. The number of aromatic nitrogens is 3. The summed E-state index contributed by atoms with van der Waals surface area (Å²) in [7, 11) is 1.62. The first-order chi connectivity index (χ1) is 13.7. The summed E-state index contributed by atoms with van der Waals surface area (Å²) in [6, 6.07) is 7.43. The third-order valence-electron chi connectivity index (χ3n) is 5.62. The Hall–Kier alpha value is -3.09. The summed E-state index contributed by atoms with van der Waals surface area (Å²) in [4.78, 5) is 19.3. The van der Waals surface area contributed by atoms with E-state index in [1.165, 1.54) is 36.2 Å². The fourth-order valence-electron chi connectivity index (χ4n) is 3.90. The Labute approximate surface area is 162 Å². The fraction of sp³-hybridized carbons (Fsp3) is 0.381. The number of amides is 1. The van der Waals surface area contributed by atoms with Crippen molar-refractivity contribution in [2.45, 2.75) is 31.6 Å². The van der Waals surface area contributed by atoms with Crippen molar-refractivity contribution in [3.8, 4) is 17.1 Å². The highest BCUT2D eigenvalue weighted by atomic mass is 16.5. The van der Waals surface area contributed by atoms with Crippen LogP contribution in [0.1, 0.15) is 46.2 Å². The molecule has 2 aromatic heterocycles. The molecule has 0 atom stereocenters. The van der Waals surface area contributed by atoms with Crippen molar-refractivity contribution >= 4 is 5.91 Å². The van der Waals surface area contributed by atoms with Gasteiger partial charge < -0.3 is 14.1 Å². The molecule has 0 bridgehead atoms. The van der Waals surface area contributed by atoms with Crippen LogP contribution in [0.3, 0.4) is 0 Å². The van der Waals surface area contributed by atoms with E-state index in [2.05, 4.69) is 15.2 Å². The molecule has 144 valence electrons. The largest absolute Gasteiger partial charge is 0.497 e. The van der Waals surface area contributed by atoms with Crippen LogP contribution in [0.25, 0.3) is 11.3 Å². The standard InChI is InChI=1S/C21H22N4O3/c1-27-15-6-4-14(5-7-15)20-19(22-12-28-20)21(26)25-10-8-16-17(9-11-25)23-24-18(16)13-2-3-13/h4-7,12-13H,2-3,8-11H2,1H3,(H,23,24). The molecule has 0 radical (unpaired) electrons. The Bertz CT molecular complexity index is 1000. The smallest absolute Gasteiger partial charge is 0.276 e. The molecular weight excluding hydrogens is 356 g/mol. The van der Waals surface area contributed by atoms with Crippen LogP contribution in [0.15, 0.2) is 35.1 Å². The van der Waals surface area contributed by atoms with Gasteiger partial charge in [0.15, 0.2) is 17.8 Å². The topological polar surface area (TPSA) is 84.3 Å². The van der Waals surface area contributed by atoms with Crippen LogP contribution < -0.4 is 4.74 Å². The second-order valence-corrected chi connectivity index (χ2v) is 7.39. The molecule has 1 saturated carbocycles. The van der Waals surface area contributed by atoms with Gasteiger partial charge in [0.25, 0.3) is 5.91 Å². The highest BCUT2D eigenvalue weighted by molar-refractivity contribution is 5.97. The third kappa shape index (κ3) is 2.96. The lowest BCUT2D eigenvalue weighted by Crippen LogP contribution is -2.34. The Balaban J connectivity index is 1.36. The van der Waals surface area contributed by atoms with Gasteiger partial charge in [-0.25, -0.2) is 4.98 Å². The van der Waals surface area contributed by atoms with Gasteiger partial charge in [-0.1, -0.05) is 0 Å². The summed E-state index contributed by atoms with van der Waals surface area (Å²) in [5, 5.41) is 7.72. The first kappa shape index (κ1) is 17.0. The molecule has 3 heterocycles. The van der Waals surface area contributed by atoms with Crippen molar-refractivity contribution in [3.05, 3.63) is 53.3 Å². The Morgan fingerprint density at radius 1 is 1.21 bits per heavy atom. The number of carbonyl (C=O) groups is 1. The van der Waals surface area contributed by atoms with Crippen LogP contribution in [0.2, 0.25) is 0 Å². The van der Waals surface area contributed by atoms with E-state index in [0.717, 1.165) is 24.2 Å². The van der Waals surface area contributed by atoms with Crippen LogP contribution in [-0.2, 0) is 12.8 Å². The number of hydrogen-bond donors (Lipinski definition) is 1. The quantitative estimate of drug-likeness (QED) is 0.754. The molecule has 28 heavy (non-hydrogen) atoms. The number of nitrogens with one attached hydrogen (secondary N) is 1. The first-order valence-electron chi connectivity index (χ1n) is 9.68. The summed E-state index contributed by atoms with van der Waals surface area (Å²) in [6.07, 6.45) is 5.41. The lowest BCUT2D eigenvalue weighted by molar-refractivity contribution is 0.0758. The van der Waals surface area contributed by atoms with Crippen LogP contribution in [0.5, 0.6) is 5.75 Å². The molecule has 2 aliphatic rings. The minimum absolute atomic E-state index is 0.0920. The molecule has 0 spiro atoms. The molecule has 7 heteroatoms. The minimum atomic E-state index is -0.0920. The van der Waals surface area contributed by atoms with Crippen LogP contribution in [0.4, 0.5) is 0 Å². The number of carbonyl (C=O) groups excluding carboxylic acids is 1. The van der Waals surface area contributed by atoms with Crippen molar-refractivity contribution in [2.75, 3.05) is 20.2 Å². The zero-order valence-electron chi connectivity index (χ0n) is 15.8. The van der Waals surface area contributed by atoms with Crippen molar-refractivity contribution in [1.29, 1.82) is 0 Å². The highest BCUT2D eigenvalue weighted by Gasteiger charge is 2.32. The maximum absolute atomic E-state index is 13.2. The number of benzene rings is 1. The second kappa shape index (κ2) is 6.82. The molecule has 3 aromatic rings. The van der Waals surface area contributed by atoms with E-state index in [1.807, 2.05) is 29.2 Å². The maximum atomic E-state index is 13.2. The van der Waals surface area contributed by atoms with Gasteiger partial charge in [-0.2, -0.15) is 5.10 Å². The summed E-state index contributed by atoms with van der Waals surface area (Å²) in [5.74, 6) is 1.77. The number of H-pyrrole nitrogens is 1. The third-order valence-corrected chi connectivity index (χ3v) is 5.62. The lowest BCUT2D eigenvalue weighted by atomic mass is 10.1. The molecule has 1 aliphatic heterocycles. The highest BCUT2D eigenvalue weighted by Crippen LogP contribution is 2.41. The molecule has 1 aliphatic carbocycles. The average molecular weight is 378 g/mol. The van der Waals surface area contributed by atoms with Gasteiger partial charge in [-0.3, -0.25) is 9.89 Å². The number of oxazole rings is 1. The van der Waals surface area contributed by atoms with E-state index >= 15 is 0 Å². The van der Waals surface area contributed by atoms with Crippen molar-refractivity contribution < 1.29 is 13.9 Å². The molecule has 0 saturated heterocycles. The number of rotatable bonds is 4. The molecule has 1 aromatic carbocycles. The van der Waals surface area contributed by atoms with Crippen molar-refractivity contribution in [3.63, 3.8) is 0 Å². The number of aromatic amines is 1. The minimum Gasteiger partial charge on any atom is -0.497 e. The predicted octanol–water partition coefficient (Wildman–Crippen LogP) is 3.19. The van der Waals surface area contributed by atoms with Gasteiger partial charge in [-0.05, 0) is 49.1 Å². The summed E-state index contributed by atoms with van der Waals surface area (Å²) in [6.45, 7) is 1.31. The first-order valence-corrected chi connectivity index (χ1v) is 9.68. The summed E-state index contributed by atoms with van der Waals surface area (Å²) < 4.78 is 10.8. The van der Waals surface area contributed by atoms with Gasteiger partial charge in [0, 0.05) is 36.7 Å². The van der Waals surface area contributed by atoms with Crippen LogP contribution in [-0.4, -0.2) is 46.2 Å². The summed E-state index contributed by atoms with van der Waals surface area (Å²) in [5.41, 5.74) is 4.86. The van der Waals surface area contributed by atoms with Gasteiger partial charge in [0.05, 0.1) is 12.8 Å². The zero-order valence-corrected chi connectivity index (χ0v) is 15.8. The number of nitrogens with zero attached hydrogens (tertiary/aromatic N) is 3. The zero-order chi connectivity index (χ0) is 19.1. The predicted molar refractivity (Wildman–Crippen MR) is 102 cm³/mol. The Morgan fingerprint density at radius 2 is 2.00 bits per heavy atom. The van der Waals surface area contributed by atoms with Crippen molar-refractivity contribution in [2.24, 2.45) is 0 Å².